The van der Waals surface area contributed by atoms with Crippen LogP contribution in [0, 0.1) is 88.1 Å². The number of carbonyl (C=O) groups is 1. The smallest absolute Gasteiger partial charge is 0.284 e. The summed E-state index contributed by atoms with van der Waals surface area (Å²) in [5.74, 6) is -0.924. The van der Waals surface area contributed by atoms with Gasteiger partial charge in [0.2, 0.25) is 0 Å². The van der Waals surface area contributed by atoms with E-state index in [9.17, 15) is 14.7 Å². The number of primary amides is 1. The van der Waals surface area contributed by atoms with Gasteiger partial charge in [-0.05, 0) is 0 Å². The molecule has 1 amide bonds. The molecule has 3 atom stereocenters. The maximum absolute atomic E-state index is 11.9. The fourth-order valence-corrected chi connectivity index (χ4v) is 1.87. The van der Waals surface area contributed by atoms with Crippen molar-refractivity contribution in [3.8, 4) is 0 Å². The molecule has 104 valence electrons. The number of aromatic nitrogens is 2. The van der Waals surface area contributed by atoms with E-state index in [0.29, 0.717) is 0 Å². The largest absolute Gasteiger partial charge is 0.394 e. The van der Waals surface area contributed by atoms with Crippen LogP contribution in [0.1, 0.15) is 23.1 Å². The van der Waals surface area contributed by atoms with Gasteiger partial charge in [0, 0.05) is 107 Å². The van der Waals surface area contributed by atoms with Crippen molar-refractivity contribution in [3.05, 3.63) is 28.4 Å². The molecule has 1 aliphatic rings. The van der Waals surface area contributed by atoms with Gasteiger partial charge in [0.15, 0.2) is 5.69 Å². The molecule has 1 aromatic heterocycles. The van der Waals surface area contributed by atoms with Gasteiger partial charge >= 0.3 is 0 Å². The van der Waals surface area contributed by atoms with Crippen LogP contribution in [0.15, 0.2) is 17.2 Å². The van der Waals surface area contributed by atoms with E-state index in [1.54, 1.807) is 0 Å². The van der Waals surface area contributed by atoms with E-state index < -0.39 is 29.9 Å². The minimum absolute atomic E-state index is 0. The maximum Gasteiger partial charge on any atom is 0.284 e. The molecule has 2 rings (SSSR count). The Bertz CT molecular complexity index is 524. The number of rotatable bonds is 3. The number of carbonyl (C=O) groups excluding carboxylic acids is 1. The Kier molecular flexibility index (Phi) is 9.81. The van der Waals surface area contributed by atoms with Crippen molar-refractivity contribution >= 4 is 5.91 Å². The van der Waals surface area contributed by atoms with E-state index in [0.717, 1.165) is 4.57 Å². The predicted octanol–water partition coefficient (Wildman–Crippen LogP) is -2.02. The fourth-order valence-electron chi connectivity index (χ4n) is 1.87. The average molecular weight is 709 g/mol. The van der Waals surface area contributed by atoms with Crippen LogP contribution in [0.25, 0.3) is 0 Å². The van der Waals surface area contributed by atoms with E-state index in [4.69, 9.17) is 15.6 Å². The standard InChI is InChI=1S/C10H13N3O5.2Ac/c11-9(16)8-10(17)13(2-1-12-8)7-3-5(15)6(4-14)18-7;;/h1-2,5-7,14-15H,3-4H2,(H2,11,16);;/t5-,6+,7?;;/m0../s1. The van der Waals surface area contributed by atoms with Gasteiger partial charge in [-0.3, -0.25) is 14.2 Å². The van der Waals surface area contributed by atoms with Crippen molar-refractivity contribution in [1.82, 2.24) is 9.55 Å². The summed E-state index contributed by atoms with van der Waals surface area (Å²) < 4.78 is 6.44. The summed E-state index contributed by atoms with van der Waals surface area (Å²) in [4.78, 5) is 26.5. The molecule has 1 unspecified atom stereocenters. The Labute approximate surface area is 186 Å². The second kappa shape index (κ2) is 9.30. The van der Waals surface area contributed by atoms with Crippen LogP contribution in [0.5, 0.6) is 0 Å². The zero-order chi connectivity index (χ0) is 13.3. The molecule has 2 radical (unpaired) electrons. The summed E-state index contributed by atoms with van der Waals surface area (Å²) in [7, 11) is 0. The van der Waals surface area contributed by atoms with Crippen LogP contribution in [-0.4, -0.2) is 44.5 Å². The van der Waals surface area contributed by atoms with Crippen molar-refractivity contribution in [2.24, 2.45) is 5.73 Å². The molecule has 0 aromatic carbocycles. The molecule has 10 heteroatoms. The van der Waals surface area contributed by atoms with Gasteiger partial charge in [-0.1, -0.05) is 0 Å². The van der Waals surface area contributed by atoms with Gasteiger partial charge in [0.05, 0.1) is 12.7 Å². The quantitative estimate of drug-likeness (QED) is 0.333. The normalized spacial score (nSPS) is 24.6. The number of aliphatic hydroxyl groups excluding tert-OH is 2. The summed E-state index contributed by atoms with van der Waals surface area (Å²) in [5.41, 5.74) is 3.95. The number of hydrogen-bond acceptors (Lipinski definition) is 6. The maximum atomic E-state index is 11.9. The number of nitrogens with two attached hydrogens (primary N) is 1. The van der Waals surface area contributed by atoms with E-state index in [1.165, 1.54) is 12.4 Å². The molecule has 20 heavy (non-hydrogen) atoms. The van der Waals surface area contributed by atoms with E-state index >= 15 is 0 Å². The minimum Gasteiger partial charge on any atom is -0.394 e. The topological polar surface area (TPSA) is 128 Å². The van der Waals surface area contributed by atoms with Crippen LogP contribution in [0.2, 0.25) is 0 Å². The molecule has 2 heterocycles. The molecule has 4 N–H and O–H groups in total. The molecule has 1 saturated heterocycles. The number of hydrogen-bond donors (Lipinski definition) is 3. The van der Waals surface area contributed by atoms with Gasteiger partial charge in [0.25, 0.3) is 11.5 Å². The molecule has 1 aromatic rings. The molecule has 8 nitrogen and oxygen atoms in total. The van der Waals surface area contributed by atoms with Gasteiger partial charge < -0.3 is 20.7 Å². The van der Waals surface area contributed by atoms with Crippen molar-refractivity contribution in [1.29, 1.82) is 0 Å². The first-order valence-corrected chi connectivity index (χ1v) is 5.36. The summed E-state index contributed by atoms with van der Waals surface area (Å²) in [6, 6.07) is 0. The number of ether oxygens (including phenoxy) is 1. The minimum atomic E-state index is -0.924. The number of nitrogens with zero attached hydrogens (tertiary/aromatic N) is 2. The third-order valence-electron chi connectivity index (χ3n) is 2.80. The van der Waals surface area contributed by atoms with Crippen LogP contribution in [0.3, 0.4) is 0 Å². The first-order valence-electron chi connectivity index (χ1n) is 5.36. The van der Waals surface area contributed by atoms with Crippen LogP contribution in [0.4, 0.5) is 0 Å². The molecule has 0 aliphatic carbocycles. The summed E-state index contributed by atoms with van der Waals surface area (Å²) >= 11 is 0. The summed E-state index contributed by atoms with van der Waals surface area (Å²) in [5, 5.41) is 18.5. The molecular formula is C10H13Ac2N3O5. The zero-order valence-corrected chi connectivity index (χ0v) is 20.0. The van der Waals surface area contributed by atoms with Crippen LogP contribution >= 0.6 is 0 Å². The van der Waals surface area contributed by atoms with Crippen molar-refractivity contribution in [2.75, 3.05) is 6.61 Å². The Balaban J connectivity index is 0.00000180. The van der Waals surface area contributed by atoms with Gasteiger partial charge in [-0.2, -0.15) is 0 Å². The zero-order valence-electron chi connectivity index (χ0n) is 10.5. The van der Waals surface area contributed by atoms with Crippen LogP contribution in [-0.2, 0) is 4.74 Å². The molecule has 1 aliphatic heterocycles. The SMILES string of the molecule is NC(=O)c1nccn(C2C[C@H](O)[C@@H](CO)O2)c1=O.[Ac].[Ac]. The Morgan fingerprint density at radius 1 is 1.55 bits per heavy atom. The van der Waals surface area contributed by atoms with Crippen molar-refractivity contribution in [2.45, 2.75) is 24.9 Å². The molecule has 0 saturated carbocycles. The third-order valence-corrected chi connectivity index (χ3v) is 2.80. The Morgan fingerprint density at radius 3 is 2.70 bits per heavy atom. The second-order valence-electron chi connectivity index (χ2n) is 3.97. The van der Waals surface area contributed by atoms with Gasteiger partial charge in [-0.15, -0.1) is 0 Å². The average Bonchev–Trinajstić information content (AvgIpc) is 2.70. The van der Waals surface area contributed by atoms with E-state index in [-0.39, 0.29) is 107 Å². The Hall–Kier alpha value is 1.11. The van der Waals surface area contributed by atoms with Gasteiger partial charge in [0.1, 0.15) is 12.3 Å². The van der Waals surface area contributed by atoms with Crippen molar-refractivity contribution in [3.63, 3.8) is 0 Å². The monoisotopic (exact) mass is 709 g/mol. The summed E-state index contributed by atoms with van der Waals surface area (Å²) in [6.45, 7) is -0.347. The Morgan fingerprint density at radius 2 is 2.20 bits per heavy atom. The molecular weight excluding hydrogens is 696 g/mol. The predicted molar refractivity (Wildman–Crippen MR) is 58.6 cm³/mol. The van der Waals surface area contributed by atoms with E-state index in [1.807, 2.05) is 0 Å². The number of aliphatic hydroxyl groups is 2. The number of amides is 1. The fraction of sp³-hybridized carbons (Fsp3) is 0.500. The van der Waals surface area contributed by atoms with Crippen LogP contribution < -0.4 is 11.3 Å². The molecule has 1 fully saturated rings. The second-order valence-corrected chi connectivity index (χ2v) is 3.97. The first-order chi connectivity index (χ1) is 8.54. The summed E-state index contributed by atoms with van der Waals surface area (Å²) in [6.07, 6.45) is 0.387. The molecule has 0 spiro atoms. The first kappa shape index (κ1) is 21.1. The molecule has 0 bridgehead atoms. The van der Waals surface area contributed by atoms with Gasteiger partial charge in [-0.25, -0.2) is 4.98 Å². The van der Waals surface area contributed by atoms with E-state index in [2.05, 4.69) is 4.98 Å². The third kappa shape index (κ3) is 4.55. The van der Waals surface area contributed by atoms with Crippen molar-refractivity contribution < 1.29 is 108 Å².